The zero-order chi connectivity index (χ0) is 35.2. The number of amides is 4. The van der Waals surface area contributed by atoms with Crippen molar-refractivity contribution in [2.24, 2.45) is 29.1 Å². The highest BCUT2D eigenvalue weighted by Gasteiger charge is 2.68. The number of carbonyl (C=O) groups excluding carboxylic acids is 4. The number of rotatable bonds is 5. The fourth-order valence-corrected chi connectivity index (χ4v) is 8.24. The van der Waals surface area contributed by atoms with Gasteiger partial charge in [0.05, 0.1) is 34.5 Å². The Morgan fingerprint density at radius 1 is 0.857 bits per heavy atom. The SMILES string of the molecule is C[C@@]12C(=O)N(c3ccccc3)C(=O)[C@@H]1C[C@@H]1C(=CC[C@@H]3C(=O)N(c4ccc(C(=O)O)c(O)c4)C(=O)[C@@H]31)[C@@H]2c1cc(OC(F)(F)F)ccc1O. The van der Waals surface area contributed by atoms with E-state index < -0.39 is 93.8 Å². The van der Waals surface area contributed by atoms with E-state index in [-0.39, 0.29) is 29.8 Å². The molecule has 49 heavy (non-hydrogen) atoms. The van der Waals surface area contributed by atoms with Crippen LogP contribution in [0.4, 0.5) is 24.5 Å². The molecule has 0 spiro atoms. The number of fused-ring (bicyclic) bond motifs is 4. The molecule has 3 fully saturated rings. The molecule has 3 aromatic rings. The van der Waals surface area contributed by atoms with Gasteiger partial charge in [-0.2, -0.15) is 0 Å². The van der Waals surface area contributed by atoms with Crippen molar-refractivity contribution in [1.82, 2.24) is 0 Å². The first-order chi connectivity index (χ1) is 23.1. The second-order valence-corrected chi connectivity index (χ2v) is 12.8. The number of ether oxygens (including phenoxy) is 1. The molecule has 0 bridgehead atoms. The zero-order valence-corrected chi connectivity index (χ0v) is 25.5. The summed E-state index contributed by atoms with van der Waals surface area (Å²) < 4.78 is 44.0. The summed E-state index contributed by atoms with van der Waals surface area (Å²) in [4.78, 5) is 69.9. The van der Waals surface area contributed by atoms with Crippen molar-refractivity contribution in [3.63, 3.8) is 0 Å². The smallest absolute Gasteiger partial charge is 0.508 e. The number of anilines is 2. The number of phenols is 2. The minimum Gasteiger partial charge on any atom is -0.508 e. The highest BCUT2D eigenvalue weighted by molar-refractivity contribution is 6.25. The van der Waals surface area contributed by atoms with Crippen LogP contribution in [-0.4, -0.2) is 51.3 Å². The van der Waals surface area contributed by atoms with Crippen molar-refractivity contribution in [3.8, 4) is 17.2 Å². The molecule has 2 saturated heterocycles. The number of carbonyl (C=O) groups is 5. The molecule has 0 aromatic heterocycles. The maximum absolute atomic E-state index is 14.4. The predicted octanol–water partition coefficient (Wildman–Crippen LogP) is 5.13. The summed E-state index contributed by atoms with van der Waals surface area (Å²) in [5.74, 6) is -11.0. The van der Waals surface area contributed by atoms with Crippen LogP contribution >= 0.6 is 0 Å². The number of halogens is 3. The Balaban J connectivity index is 1.37. The maximum Gasteiger partial charge on any atom is 0.573 e. The highest BCUT2D eigenvalue weighted by Crippen LogP contribution is 2.64. The number of alkyl halides is 3. The Morgan fingerprint density at radius 3 is 2.22 bits per heavy atom. The van der Waals surface area contributed by atoms with Crippen molar-refractivity contribution in [2.75, 3.05) is 9.80 Å². The summed E-state index contributed by atoms with van der Waals surface area (Å²) in [5.41, 5.74) is -1.60. The molecule has 2 aliphatic heterocycles. The lowest BCUT2D eigenvalue weighted by Gasteiger charge is -2.49. The van der Waals surface area contributed by atoms with Crippen molar-refractivity contribution in [1.29, 1.82) is 0 Å². The summed E-state index contributed by atoms with van der Waals surface area (Å²) in [6.07, 6.45) is -3.51. The standard InChI is InChI=1S/C35H27F3N2O9/c1-34-24(30(44)40(33(34)48)16-5-3-2-4-6-16)15-22-19(28(34)23-14-18(8-12-25(23)41)49-35(36,37)38)10-11-21-27(22)31(45)39(29(21)43)17-7-9-20(32(46)47)26(42)13-17/h2-10,12-14,21-22,24,27-28,41-42H,11,15H2,1H3,(H,46,47)/t21-,22+,24-,27-,28+,34+/m0/s1. The van der Waals surface area contributed by atoms with E-state index in [1.54, 1.807) is 36.4 Å². The van der Waals surface area contributed by atoms with E-state index in [0.717, 1.165) is 40.1 Å². The molecule has 7 rings (SSSR count). The topological polar surface area (TPSA) is 162 Å². The van der Waals surface area contributed by atoms with E-state index in [9.17, 15) is 52.5 Å². The van der Waals surface area contributed by atoms with Crippen molar-refractivity contribution < 1.29 is 57.2 Å². The van der Waals surface area contributed by atoms with Crippen LogP contribution in [0.3, 0.4) is 0 Å². The first kappa shape index (κ1) is 31.9. The molecule has 4 aliphatic rings. The summed E-state index contributed by atoms with van der Waals surface area (Å²) in [5, 5.41) is 30.8. The Kier molecular flexibility index (Phi) is 7.12. The molecule has 0 unspecified atom stereocenters. The van der Waals surface area contributed by atoms with Gasteiger partial charge >= 0.3 is 12.3 Å². The molecular weight excluding hydrogens is 649 g/mol. The van der Waals surface area contributed by atoms with Gasteiger partial charge in [0.1, 0.15) is 22.8 Å². The number of allylic oxidation sites excluding steroid dienone is 2. The largest absolute Gasteiger partial charge is 0.573 e. The summed E-state index contributed by atoms with van der Waals surface area (Å²) in [6.45, 7) is 1.52. The predicted molar refractivity (Wildman–Crippen MR) is 163 cm³/mol. The molecule has 0 radical (unpaired) electrons. The third-order valence-corrected chi connectivity index (χ3v) is 10.3. The molecule has 1 saturated carbocycles. The first-order valence-corrected chi connectivity index (χ1v) is 15.3. The van der Waals surface area contributed by atoms with Crippen molar-refractivity contribution in [2.45, 2.75) is 32.0 Å². The maximum atomic E-state index is 14.4. The van der Waals surface area contributed by atoms with Crippen LogP contribution < -0.4 is 14.5 Å². The monoisotopic (exact) mass is 676 g/mol. The molecule has 2 heterocycles. The number of imide groups is 2. The molecule has 3 N–H and O–H groups in total. The average molecular weight is 677 g/mol. The number of carboxylic acids is 1. The molecule has 2 aliphatic carbocycles. The summed E-state index contributed by atoms with van der Waals surface area (Å²) in [6, 6.07) is 14.2. The molecule has 11 nitrogen and oxygen atoms in total. The lowest BCUT2D eigenvalue weighted by Crippen LogP contribution is -2.49. The van der Waals surface area contributed by atoms with E-state index in [4.69, 9.17) is 0 Å². The van der Waals surface area contributed by atoms with Crippen LogP contribution in [0.1, 0.15) is 41.6 Å². The number of phenolic OH excluding ortho intramolecular Hbond substituents is 1. The number of para-hydroxylation sites is 1. The lowest BCUT2D eigenvalue weighted by molar-refractivity contribution is -0.274. The van der Waals surface area contributed by atoms with Crippen LogP contribution in [0.5, 0.6) is 17.2 Å². The van der Waals surface area contributed by atoms with E-state index in [1.165, 1.54) is 13.0 Å². The van der Waals surface area contributed by atoms with Gasteiger partial charge in [-0.25, -0.2) is 14.6 Å². The van der Waals surface area contributed by atoms with Crippen LogP contribution in [0.25, 0.3) is 0 Å². The fourth-order valence-electron chi connectivity index (χ4n) is 8.24. The second-order valence-electron chi connectivity index (χ2n) is 12.8. The van der Waals surface area contributed by atoms with Crippen LogP contribution in [-0.2, 0) is 19.2 Å². The molecular formula is C35H27F3N2O9. The third-order valence-electron chi connectivity index (χ3n) is 10.3. The van der Waals surface area contributed by atoms with E-state index in [1.807, 2.05) is 0 Å². The Morgan fingerprint density at radius 2 is 1.57 bits per heavy atom. The number of carboxylic acid groups (broad SMARTS) is 1. The van der Waals surface area contributed by atoms with Gasteiger partial charge in [0.15, 0.2) is 0 Å². The van der Waals surface area contributed by atoms with Gasteiger partial charge in [-0.15, -0.1) is 13.2 Å². The van der Waals surface area contributed by atoms with Gasteiger partial charge in [-0.1, -0.05) is 29.8 Å². The summed E-state index contributed by atoms with van der Waals surface area (Å²) >= 11 is 0. The molecule has 252 valence electrons. The van der Waals surface area contributed by atoms with Gasteiger partial charge in [-0.05, 0) is 68.1 Å². The highest BCUT2D eigenvalue weighted by atomic mass is 19.4. The Hall–Kier alpha value is -5.66. The number of benzene rings is 3. The minimum atomic E-state index is -5.08. The molecule has 14 heteroatoms. The molecule has 6 atom stereocenters. The number of aromatic hydroxyl groups is 2. The Labute approximate surface area is 275 Å². The number of hydrogen-bond donors (Lipinski definition) is 3. The second kappa shape index (κ2) is 10.9. The van der Waals surface area contributed by atoms with E-state index in [2.05, 4.69) is 4.74 Å². The van der Waals surface area contributed by atoms with Gasteiger partial charge in [-0.3, -0.25) is 19.2 Å². The average Bonchev–Trinajstić information content (AvgIpc) is 3.41. The number of aromatic carboxylic acids is 1. The summed E-state index contributed by atoms with van der Waals surface area (Å²) in [7, 11) is 0. The lowest BCUT2D eigenvalue weighted by atomic mass is 9.51. The van der Waals surface area contributed by atoms with Gasteiger partial charge in [0, 0.05) is 17.5 Å². The number of hydrogen-bond acceptors (Lipinski definition) is 8. The first-order valence-electron chi connectivity index (χ1n) is 15.3. The minimum absolute atomic E-state index is 0.0158. The van der Waals surface area contributed by atoms with E-state index >= 15 is 0 Å². The molecule has 3 aromatic carbocycles. The van der Waals surface area contributed by atoms with Crippen molar-refractivity contribution >= 4 is 41.0 Å². The van der Waals surface area contributed by atoms with Crippen LogP contribution in [0, 0.1) is 29.1 Å². The molecule has 4 amide bonds. The number of nitrogens with zero attached hydrogens (tertiary/aromatic N) is 2. The van der Waals surface area contributed by atoms with Gasteiger partial charge in [0.25, 0.3) is 0 Å². The normalized spacial score (nSPS) is 27.8. The van der Waals surface area contributed by atoms with Gasteiger partial charge < -0.3 is 20.1 Å². The Bertz CT molecular complexity index is 2000. The van der Waals surface area contributed by atoms with Crippen LogP contribution in [0.15, 0.2) is 78.4 Å². The van der Waals surface area contributed by atoms with Gasteiger partial charge in [0.2, 0.25) is 23.6 Å². The van der Waals surface area contributed by atoms with Crippen molar-refractivity contribution in [3.05, 3.63) is 89.5 Å². The van der Waals surface area contributed by atoms with E-state index in [0.29, 0.717) is 5.57 Å². The third kappa shape index (κ3) is 4.76. The zero-order valence-electron chi connectivity index (χ0n) is 25.5. The quantitative estimate of drug-likeness (QED) is 0.246. The van der Waals surface area contributed by atoms with Crippen LogP contribution in [0.2, 0.25) is 0 Å². The fraction of sp³-hybridized carbons (Fsp3) is 0.286.